The Morgan fingerprint density at radius 3 is 1.95 bits per heavy atom. The zero-order valence-corrected chi connectivity index (χ0v) is 14.1. The highest BCUT2D eigenvalue weighted by Crippen LogP contribution is 2.28. The predicted molar refractivity (Wildman–Crippen MR) is 78.5 cm³/mol. The van der Waals surface area contributed by atoms with Crippen molar-refractivity contribution in [3.05, 3.63) is 0 Å². The van der Waals surface area contributed by atoms with Gasteiger partial charge in [0.2, 0.25) is 0 Å². The highest BCUT2D eigenvalue weighted by atomic mass is 28.4. The number of rotatable bonds is 9. The third-order valence-corrected chi connectivity index (χ3v) is 8.76. The van der Waals surface area contributed by atoms with Crippen molar-refractivity contribution in [1.82, 2.24) is 0 Å². The second-order valence-electron chi connectivity index (χ2n) is 5.13. The zero-order chi connectivity index (χ0) is 15.1. The lowest BCUT2D eigenvalue weighted by Crippen LogP contribution is -2.46. The Kier molecular flexibility index (Phi) is 8.18. The summed E-state index contributed by atoms with van der Waals surface area (Å²) in [6, 6.07) is 2.99. The average molecular weight is 288 g/mol. The molecule has 0 aliphatic rings. The third kappa shape index (κ3) is 4.73. The van der Waals surface area contributed by atoms with Gasteiger partial charge >= 0.3 is 5.97 Å². The zero-order valence-electron chi connectivity index (χ0n) is 13.1. The summed E-state index contributed by atoms with van der Waals surface area (Å²) in [6.45, 7) is 9.97. The van der Waals surface area contributed by atoms with E-state index in [-0.39, 0.29) is 18.0 Å². The van der Waals surface area contributed by atoms with E-state index in [1.807, 2.05) is 0 Å². The second kappa shape index (κ2) is 8.48. The Balaban J connectivity index is 5.15. The number of carbonyl (C=O) groups is 2. The highest BCUT2D eigenvalue weighted by Gasteiger charge is 2.38. The first kappa shape index (κ1) is 18.3. The number of hydrogen-bond donors (Lipinski definition) is 0. The molecule has 0 bridgehead atoms. The Morgan fingerprint density at radius 2 is 1.63 bits per heavy atom. The minimum absolute atomic E-state index is 0.300. The summed E-state index contributed by atoms with van der Waals surface area (Å²) in [5.74, 6) is -1.03. The largest absolute Gasteiger partial charge is 0.469 e. The van der Waals surface area contributed by atoms with E-state index in [4.69, 9.17) is 9.16 Å². The summed E-state index contributed by atoms with van der Waals surface area (Å²) in [6.07, 6.45) is 0.487. The molecule has 0 spiro atoms. The summed E-state index contributed by atoms with van der Waals surface area (Å²) < 4.78 is 11.1. The molecule has 19 heavy (non-hydrogen) atoms. The summed E-state index contributed by atoms with van der Waals surface area (Å²) in [5.41, 5.74) is 0. The Hall–Kier alpha value is -0.683. The Labute approximate surface area is 118 Å². The lowest BCUT2D eigenvalue weighted by Gasteiger charge is -2.36. The number of carbonyl (C=O) groups excluding carboxylic acids is 2. The molecule has 0 rings (SSSR count). The van der Waals surface area contributed by atoms with Crippen LogP contribution >= 0.6 is 0 Å². The fraction of sp³-hybridized carbons (Fsp3) is 0.857. The quantitative estimate of drug-likeness (QED) is 0.372. The van der Waals surface area contributed by atoms with E-state index in [0.717, 1.165) is 24.4 Å². The van der Waals surface area contributed by atoms with Gasteiger partial charge in [0.05, 0.1) is 19.1 Å². The van der Waals surface area contributed by atoms with Crippen LogP contribution in [0.25, 0.3) is 0 Å². The van der Waals surface area contributed by atoms with Crippen molar-refractivity contribution in [3.63, 3.8) is 0 Å². The molecule has 5 heteroatoms. The van der Waals surface area contributed by atoms with Crippen molar-refractivity contribution in [1.29, 1.82) is 0 Å². The first-order valence-electron chi connectivity index (χ1n) is 7.12. The number of aldehydes is 1. The summed E-state index contributed by atoms with van der Waals surface area (Å²) in [7, 11) is -0.481. The molecule has 0 unspecified atom stereocenters. The van der Waals surface area contributed by atoms with Gasteiger partial charge in [-0.15, -0.1) is 0 Å². The Morgan fingerprint density at radius 1 is 1.16 bits per heavy atom. The lowest BCUT2D eigenvalue weighted by molar-refractivity contribution is -0.149. The molecule has 4 nitrogen and oxygen atoms in total. The van der Waals surface area contributed by atoms with Crippen LogP contribution in [0.4, 0.5) is 0 Å². The predicted octanol–water partition coefficient (Wildman–Crippen LogP) is 3.02. The van der Waals surface area contributed by atoms with Crippen molar-refractivity contribution < 1.29 is 18.8 Å². The van der Waals surface area contributed by atoms with Gasteiger partial charge in [-0.1, -0.05) is 27.7 Å². The van der Waals surface area contributed by atoms with Crippen LogP contribution in [-0.4, -0.2) is 33.8 Å². The van der Waals surface area contributed by atoms with Gasteiger partial charge in [-0.2, -0.15) is 0 Å². The maximum absolute atomic E-state index is 11.7. The molecule has 0 aromatic heterocycles. The average Bonchev–Trinajstić information content (AvgIpc) is 2.47. The standard InChI is InChI=1S/C14H28O4Si/c1-7-19(8-2,9-3)18-13(11(4)10-15)12(5)14(16)17-6/h10-13H,7-9H2,1-6H3/t11-,12+,13+/m0/s1. The van der Waals surface area contributed by atoms with Gasteiger partial charge in [0.25, 0.3) is 0 Å². The van der Waals surface area contributed by atoms with Crippen LogP contribution in [0.1, 0.15) is 34.6 Å². The molecule has 0 aromatic rings. The van der Waals surface area contributed by atoms with E-state index >= 15 is 0 Å². The minimum Gasteiger partial charge on any atom is -0.469 e. The van der Waals surface area contributed by atoms with Crippen LogP contribution in [0.15, 0.2) is 0 Å². The number of ether oxygens (including phenoxy) is 1. The van der Waals surface area contributed by atoms with E-state index in [9.17, 15) is 9.59 Å². The van der Waals surface area contributed by atoms with Gasteiger partial charge in [0, 0.05) is 5.92 Å². The van der Waals surface area contributed by atoms with Gasteiger partial charge in [-0.05, 0) is 25.1 Å². The smallest absolute Gasteiger partial charge is 0.310 e. The Bertz CT molecular complexity index is 281. The molecule has 0 heterocycles. The first-order chi connectivity index (χ1) is 8.91. The molecule has 112 valence electrons. The molecule has 0 saturated heterocycles. The summed E-state index contributed by atoms with van der Waals surface area (Å²) in [5, 5.41) is 0. The van der Waals surface area contributed by atoms with Crippen molar-refractivity contribution in [2.24, 2.45) is 11.8 Å². The maximum atomic E-state index is 11.7. The van der Waals surface area contributed by atoms with Crippen LogP contribution in [0.3, 0.4) is 0 Å². The lowest BCUT2D eigenvalue weighted by atomic mass is 9.95. The van der Waals surface area contributed by atoms with E-state index in [1.54, 1.807) is 13.8 Å². The van der Waals surface area contributed by atoms with Crippen LogP contribution in [0.5, 0.6) is 0 Å². The van der Waals surface area contributed by atoms with Gasteiger partial charge in [0.15, 0.2) is 8.32 Å². The van der Waals surface area contributed by atoms with E-state index in [0.29, 0.717) is 0 Å². The first-order valence-corrected chi connectivity index (χ1v) is 9.65. The summed E-state index contributed by atoms with van der Waals surface area (Å²) in [4.78, 5) is 22.8. The van der Waals surface area contributed by atoms with Gasteiger partial charge in [0.1, 0.15) is 6.29 Å². The van der Waals surface area contributed by atoms with Crippen molar-refractivity contribution in [2.45, 2.75) is 58.9 Å². The normalized spacial score (nSPS) is 16.5. The third-order valence-electron chi connectivity index (χ3n) is 4.12. The van der Waals surface area contributed by atoms with Crippen LogP contribution in [0, 0.1) is 11.8 Å². The molecule has 0 aliphatic carbocycles. The topological polar surface area (TPSA) is 52.6 Å². The highest BCUT2D eigenvalue weighted by molar-refractivity contribution is 6.73. The number of hydrogen-bond acceptors (Lipinski definition) is 4. The molecule has 0 radical (unpaired) electrons. The molecule has 0 aromatic carbocycles. The fourth-order valence-electron chi connectivity index (χ4n) is 2.35. The van der Waals surface area contributed by atoms with E-state index < -0.39 is 14.2 Å². The maximum Gasteiger partial charge on any atom is 0.310 e. The minimum atomic E-state index is -1.85. The number of esters is 1. The molecule has 0 aliphatic heterocycles. The second-order valence-corrected chi connectivity index (χ2v) is 9.86. The summed E-state index contributed by atoms with van der Waals surface area (Å²) >= 11 is 0. The SMILES string of the molecule is CC[Si](CC)(CC)O[C@H]([C@@H](C)C=O)[C@@H](C)C(=O)OC. The molecule has 3 atom stereocenters. The molecular weight excluding hydrogens is 260 g/mol. The fourth-order valence-corrected chi connectivity index (χ4v) is 5.35. The molecular formula is C14H28O4Si. The molecule has 0 saturated carbocycles. The van der Waals surface area contributed by atoms with Crippen molar-refractivity contribution in [2.75, 3.05) is 7.11 Å². The molecule has 0 fully saturated rings. The van der Waals surface area contributed by atoms with Gasteiger partial charge in [-0.3, -0.25) is 4.79 Å². The van der Waals surface area contributed by atoms with Crippen LogP contribution < -0.4 is 0 Å². The number of methoxy groups -OCH3 is 1. The monoisotopic (exact) mass is 288 g/mol. The van der Waals surface area contributed by atoms with E-state index in [1.165, 1.54) is 7.11 Å². The van der Waals surface area contributed by atoms with Gasteiger partial charge < -0.3 is 14.0 Å². The molecule has 0 N–H and O–H groups in total. The van der Waals surface area contributed by atoms with Crippen molar-refractivity contribution >= 4 is 20.6 Å². The van der Waals surface area contributed by atoms with Crippen LogP contribution in [-0.2, 0) is 18.8 Å². The van der Waals surface area contributed by atoms with E-state index in [2.05, 4.69) is 20.8 Å². The van der Waals surface area contributed by atoms with Crippen molar-refractivity contribution in [3.8, 4) is 0 Å². The molecule has 0 amide bonds. The van der Waals surface area contributed by atoms with Gasteiger partial charge in [-0.25, -0.2) is 0 Å². The van der Waals surface area contributed by atoms with Crippen LogP contribution in [0.2, 0.25) is 18.1 Å².